The highest BCUT2D eigenvalue weighted by molar-refractivity contribution is 5.66. The lowest BCUT2D eigenvalue weighted by atomic mass is 9.87. The van der Waals surface area contributed by atoms with E-state index in [1.54, 1.807) is 6.07 Å². The Morgan fingerprint density at radius 1 is 1.25 bits per heavy atom. The van der Waals surface area contributed by atoms with Crippen molar-refractivity contribution >= 4 is 5.69 Å². The minimum atomic E-state index is 0.283. The van der Waals surface area contributed by atoms with Gasteiger partial charge in [-0.2, -0.15) is 0 Å². The van der Waals surface area contributed by atoms with Crippen LogP contribution in [0.1, 0.15) is 25.7 Å². The van der Waals surface area contributed by atoms with Gasteiger partial charge in [0.25, 0.3) is 0 Å². The lowest BCUT2D eigenvalue weighted by molar-refractivity contribution is 0.169. The van der Waals surface area contributed by atoms with Crippen molar-refractivity contribution < 1.29 is 9.84 Å². The van der Waals surface area contributed by atoms with E-state index >= 15 is 0 Å². The summed E-state index contributed by atoms with van der Waals surface area (Å²) in [6.07, 6.45) is 5.06. The highest BCUT2D eigenvalue weighted by Crippen LogP contribution is 2.44. The van der Waals surface area contributed by atoms with Crippen LogP contribution in [-0.2, 0) is 0 Å². The Bertz CT molecular complexity index is 397. The van der Waals surface area contributed by atoms with Crippen molar-refractivity contribution in [2.75, 3.05) is 18.5 Å². The molecule has 1 heterocycles. The van der Waals surface area contributed by atoms with Crippen LogP contribution in [0.4, 0.5) is 5.69 Å². The van der Waals surface area contributed by atoms with Gasteiger partial charge in [-0.15, -0.1) is 0 Å². The number of phenolic OH excluding ortho intramolecular Hbond substituents is 1. The van der Waals surface area contributed by atoms with Crippen molar-refractivity contribution in [2.24, 2.45) is 5.41 Å². The molecule has 0 saturated heterocycles. The second-order valence-corrected chi connectivity index (χ2v) is 5.00. The van der Waals surface area contributed by atoms with Gasteiger partial charge in [0.05, 0.1) is 6.61 Å². The fourth-order valence-electron chi connectivity index (χ4n) is 2.82. The number of ether oxygens (including phenoxy) is 1. The van der Waals surface area contributed by atoms with E-state index in [1.165, 1.54) is 25.7 Å². The monoisotopic (exact) mass is 219 g/mol. The van der Waals surface area contributed by atoms with Crippen LogP contribution in [0.2, 0.25) is 0 Å². The van der Waals surface area contributed by atoms with Gasteiger partial charge in [0, 0.05) is 12.0 Å². The van der Waals surface area contributed by atoms with Crippen molar-refractivity contribution in [1.29, 1.82) is 0 Å². The number of fused-ring (bicyclic) bond motifs is 1. The number of anilines is 1. The molecular formula is C13H17NO2. The summed E-state index contributed by atoms with van der Waals surface area (Å²) in [6, 6.07) is 5.43. The van der Waals surface area contributed by atoms with Gasteiger partial charge in [-0.1, -0.05) is 18.9 Å². The average Bonchev–Trinajstić information content (AvgIpc) is 2.65. The molecule has 2 N–H and O–H groups in total. The third kappa shape index (κ3) is 1.51. The van der Waals surface area contributed by atoms with Crippen molar-refractivity contribution in [3.63, 3.8) is 0 Å². The summed E-state index contributed by atoms with van der Waals surface area (Å²) >= 11 is 0. The number of para-hydroxylation sites is 1. The third-order valence-corrected chi connectivity index (χ3v) is 3.84. The maximum absolute atomic E-state index is 9.77. The van der Waals surface area contributed by atoms with Gasteiger partial charge in [0.1, 0.15) is 17.2 Å². The Balaban J connectivity index is 1.89. The first kappa shape index (κ1) is 9.82. The first-order chi connectivity index (χ1) is 7.79. The van der Waals surface area contributed by atoms with Gasteiger partial charge in [0.15, 0.2) is 0 Å². The molecule has 1 aliphatic heterocycles. The molecule has 2 aliphatic rings. The summed E-state index contributed by atoms with van der Waals surface area (Å²) in [6.45, 7) is 1.69. The molecule has 16 heavy (non-hydrogen) atoms. The van der Waals surface area contributed by atoms with Crippen LogP contribution in [0.15, 0.2) is 18.2 Å². The number of aromatic hydroxyl groups is 1. The smallest absolute Gasteiger partial charge is 0.146 e. The first-order valence-corrected chi connectivity index (χ1v) is 5.98. The van der Waals surface area contributed by atoms with E-state index in [0.29, 0.717) is 0 Å². The third-order valence-electron chi connectivity index (χ3n) is 3.84. The topological polar surface area (TPSA) is 41.5 Å². The second kappa shape index (κ2) is 3.58. The van der Waals surface area contributed by atoms with Crippen LogP contribution in [-0.4, -0.2) is 18.3 Å². The predicted molar refractivity (Wildman–Crippen MR) is 63.0 cm³/mol. The fraction of sp³-hybridized carbons (Fsp3) is 0.538. The lowest BCUT2D eigenvalue weighted by Gasteiger charge is -2.25. The molecule has 3 heteroatoms. The Morgan fingerprint density at radius 2 is 2.06 bits per heavy atom. The molecule has 1 aromatic carbocycles. The predicted octanol–water partition coefficient (Wildman–Crippen LogP) is 2.76. The highest BCUT2D eigenvalue weighted by atomic mass is 16.5. The quantitative estimate of drug-likeness (QED) is 0.659. The molecule has 1 saturated carbocycles. The molecule has 0 amide bonds. The van der Waals surface area contributed by atoms with Gasteiger partial charge >= 0.3 is 0 Å². The van der Waals surface area contributed by atoms with E-state index in [-0.39, 0.29) is 11.2 Å². The Hall–Kier alpha value is -1.38. The van der Waals surface area contributed by atoms with Gasteiger partial charge < -0.3 is 15.2 Å². The molecule has 0 radical (unpaired) electrons. The van der Waals surface area contributed by atoms with Crippen molar-refractivity contribution in [2.45, 2.75) is 25.7 Å². The van der Waals surface area contributed by atoms with Crippen LogP contribution in [0, 0.1) is 5.41 Å². The van der Waals surface area contributed by atoms with E-state index in [4.69, 9.17) is 4.74 Å². The molecule has 1 fully saturated rings. The molecule has 0 unspecified atom stereocenters. The SMILES string of the molecule is Oc1cccc2c1NCC1(CCCC1)CO2. The number of nitrogens with one attached hydrogen (secondary N) is 1. The van der Waals surface area contributed by atoms with Crippen molar-refractivity contribution in [3.05, 3.63) is 18.2 Å². The summed E-state index contributed by atoms with van der Waals surface area (Å²) in [7, 11) is 0. The lowest BCUT2D eigenvalue weighted by Crippen LogP contribution is -2.30. The molecule has 3 rings (SSSR count). The van der Waals surface area contributed by atoms with E-state index < -0.39 is 0 Å². The van der Waals surface area contributed by atoms with E-state index in [2.05, 4.69) is 5.32 Å². The summed E-state index contributed by atoms with van der Waals surface area (Å²) in [5.41, 5.74) is 1.04. The molecular weight excluding hydrogens is 202 g/mol. The maximum Gasteiger partial charge on any atom is 0.146 e. The average molecular weight is 219 g/mol. The van der Waals surface area contributed by atoms with E-state index in [0.717, 1.165) is 24.6 Å². The summed E-state index contributed by atoms with van der Waals surface area (Å²) in [5.74, 6) is 1.07. The van der Waals surface area contributed by atoms with Gasteiger partial charge in [0.2, 0.25) is 0 Å². The second-order valence-electron chi connectivity index (χ2n) is 5.00. The van der Waals surface area contributed by atoms with Gasteiger partial charge in [-0.25, -0.2) is 0 Å². The molecule has 86 valence electrons. The Morgan fingerprint density at radius 3 is 2.88 bits per heavy atom. The van der Waals surface area contributed by atoms with E-state index in [1.807, 2.05) is 12.1 Å². The molecule has 3 nitrogen and oxygen atoms in total. The fourth-order valence-corrected chi connectivity index (χ4v) is 2.82. The molecule has 1 aromatic rings. The van der Waals surface area contributed by atoms with Crippen LogP contribution in [0.25, 0.3) is 0 Å². The molecule has 0 bridgehead atoms. The number of benzene rings is 1. The summed E-state index contributed by atoms with van der Waals surface area (Å²) in [5, 5.41) is 13.1. The van der Waals surface area contributed by atoms with Crippen molar-refractivity contribution in [1.82, 2.24) is 0 Å². The minimum absolute atomic E-state index is 0.283. The number of hydrogen-bond donors (Lipinski definition) is 2. The molecule has 0 aromatic heterocycles. The number of hydrogen-bond acceptors (Lipinski definition) is 3. The standard InChI is InChI=1S/C13H17NO2/c15-10-4-3-5-11-12(10)14-8-13(9-16-11)6-1-2-7-13/h3-5,14-15H,1-2,6-9H2. The number of phenols is 1. The van der Waals surface area contributed by atoms with Gasteiger partial charge in [-0.05, 0) is 25.0 Å². The Kier molecular flexibility index (Phi) is 2.20. The summed E-state index contributed by atoms with van der Waals surface area (Å²) in [4.78, 5) is 0. The van der Waals surface area contributed by atoms with E-state index in [9.17, 15) is 5.11 Å². The van der Waals surface area contributed by atoms with Crippen molar-refractivity contribution in [3.8, 4) is 11.5 Å². The normalized spacial score (nSPS) is 22.0. The zero-order chi connectivity index (χ0) is 11.0. The number of rotatable bonds is 0. The largest absolute Gasteiger partial charge is 0.506 e. The maximum atomic E-state index is 9.77. The Labute approximate surface area is 95.4 Å². The highest BCUT2D eigenvalue weighted by Gasteiger charge is 2.36. The molecule has 1 aliphatic carbocycles. The van der Waals surface area contributed by atoms with Crippen LogP contribution < -0.4 is 10.1 Å². The molecule has 1 spiro atoms. The minimum Gasteiger partial charge on any atom is -0.506 e. The van der Waals surface area contributed by atoms with Crippen LogP contribution >= 0.6 is 0 Å². The molecule has 0 atom stereocenters. The zero-order valence-corrected chi connectivity index (χ0v) is 9.33. The van der Waals surface area contributed by atoms with Crippen LogP contribution in [0.3, 0.4) is 0 Å². The summed E-state index contributed by atoms with van der Waals surface area (Å²) < 4.78 is 5.84. The van der Waals surface area contributed by atoms with Crippen LogP contribution in [0.5, 0.6) is 11.5 Å². The van der Waals surface area contributed by atoms with Gasteiger partial charge in [-0.3, -0.25) is 0 Å². The first-order valence-electron chi connectivity index (χ1n) is 5.98. The zero-order valence-electron chi connectivity index (χ0n) is 9.33.